The van der Waals surface area contributed by atoms with Crippen molar-refractivity contribution in [3.05, 3.63) is 66.4 Å². The molecule has 0 saturated heterocycles. The van der Waals surface area contributed by atoms with Crippen LogP contribution in [0.2, 0.25) is 0 Å². The van der Waals surface area contributed by atoms with Crippen LogP contribution in [0.25, 0.3) is 27.8 Å². The molecule has 4 aromatic rings. The van der Waals surface area contributed by atoms with Gasteiger partial charge >= 0.3 is 6.18 Å². The molecule has 5 nitrogen and oxygen atoms in total. The number of benzene rings is 2. The second-order valence-corrected chi connectivity index (χ2v) is 8.13. The van der Waals surface area contributed by atoms with Crippen molar-refractivity contribution in [3.8, 4) is 11.3 Å². The molecule has 0 aliphatic heterocycles. The lowest BCUT2D eigenvalue weighted by molar-refractivity contribution is -0.137. The average molecular weight is 405 g/mol. The van der Waals surface area contributed by atoms with Crippen LogP contribution >= 0.6 is 0 Å². The average Bonchev–Trinajstić information content (AvgIpc) is 3.08. The summed E-state index contributed by atoms with van der Waals surface area (Å²) in [5.74, 6) is 0. The maximum Gasteiger partial charge on any atom is 0.416 e. The maximum atomic E-state index is 12.8. The van der Waals surface area contributed by atoms with Crippen LogP contribution in [0, 0.1) is 0 Å². The molecular weight excluding hydrogens is 391 g/mol. The molecule has 0 fully saturated rings. The smallest absolute Gasteiger partial charge is 0.313 e. The summed E-state index contributed by atoms with van der Waals surface area (Å²) in [4.78, 5) is 4.59. The van der Waals surface area contributed by atoms with Gasteiger partial charge in [0.2, 0.25) is 10.0 Å². The van der Waals surface area contributed by atoms with Crippen LogP contribution < -0.4 is 4.72 Å². The highest BCUT2D eigenvalue weighted by Gasteiger charge is 2.30. The van der Waals surface area contributed by atoms with Gasteiger partial charge in [-0.25, -0.2) is 13.4 Å². The molecule has 4 rings (SSSR count). The van der Waals surface area contributed by atoms with Gasteiger partial charge in [0.05, 0.1) is 39.8 Å². The summed E-state index contributed by atoms with van der Waals surface area (Å²) in [5.41, 5.74) is 2.64. The highest BCUT2D eigenvalue weighted by atomic mass is 32.2. The third kappa shape index (κ3) is 3.40. The number of aromatic nitrogens is 2. The minimum absolute atomic E-state index is 0.354. The molecule has 0 bridgehead atoms. The molecule has 2 heterocycles. The predicted molar refractivity (Wildman–Crippen MR) is 102 cm³/mol. The molecular formula is C19H14F3N3O2S. The van der Waals surface area contributed by atoms with E-state index in [9.17, 15) is 21.6 Å². The van der Waals surface area contributed by atoms with Gasteiger partial charge in [0.1, 0.15) is 0 Å². The molecule has 0 atom stereocenters. The summed E-state index contributed by atoms with van der Waals surface area (Å²) in [5, 5.41) is 0. The first kappa shape index (κ1) is 18.3. The SMILES string of the molecule is CS(=O)(=O)Nc1ccc2c(c1)nc(-c1ccc(C(F)(F)F)cc1)c1cccn12. The summed E-state index contributed by atoms with van der Waals surface area (Å²) in [6.07, 6.45) is -1.55. The van der Waals surface area contributed by atoms with E-state index >= 15 is 0 Å². The fraction of sp³-hybridized carbons (Fsp3) is 0.105. The van der Waals surface area contributed by atoms with Crippen molar-refractivity contribution in [2.75, 3.05) is 11.0 Å². The molecule has 2 aromatic carbocycles. The Morgan fingerprint density at radius 1 is 1.00 bits per heavy atom. The molecule has 2 aromatic heterocycles. The van der Waals surface area contributed by atoms with Gasteiger partial charge in [0, 0.05) is 11.8 Å². The second kappa shape index (κ2) is 6.23. The third-order valence-corrected chi connectivity index (χ3v) is 4.85. The molecule has 0 unspecified atom stereocenters. The van der Waals surface area contributed by atoms with Crippen molar-refractivity contribution in [2.45, 2.75) is 6.18 Å². The van der Waals surface area contributed by atoms with Crippen molar-refractivity contribution >= 4 is 32.3 Å². The van der Waals surface area contributed by atoms with Crippen molar-refractivity contribution in [1.29, 1.82) is 0 Å². The third-order valence-electron chi connectivity index (χ3n) is 4.25. The number of hydrogen-bond acceptors (Lipinski definition) is 3. The van der Waals surface area contributed by atoms with Gasteiger partial charge in [-0.15, -0.1) is 0 Å². The number of hydrogen-bond donors (Lipinski definition) is 1. The first-order valence-corrected chi connectivity index (χ1v) is 10.1. The standard InChI is InChI=1S/C19H14F3N3O2S/c1-28(26,27)24-14-8-9-16-15(11-14)23-18(17-3-2-10-25(16)17)12-4-6-13(7-5-12)19(20,21)22/h2-11,24H,1H3. The van der Waals surface area contributed by atoms with Gasteiger partial charge < -0.3 is 4.40 Å². The largest absolute Gasteiger partial charge is 0.416 e. The number of rotatable bonds is 3. The van der Waals surface area contributed by atoms with E-state index in [-0.39, 0.29) is 0 Å². The Labute approximate surface area is 158 Å². The molecule has 0 saturated carbocycles. The summed E-state index contributed by atoms with van der Waals surface area (Å²) in [7, 11) is -3.45. The maximum absolute atomic E-state index is 12.8. The molecule has 0 aliphatic carbocycles. The van der Waals surface area contributed by atoms with Gasteiger partial charge in [0.25, 0.3) is 0 Å². The fourth-order valence-electron chi connectivity index (χ4n) is 3.09. The molecule has 0 spiro atoms. The first-order chi connectivity index (χ1) is 13.1. The number of fused-ring (bicyclic) bond motifs is 3. The molecule has 9 heteroatoms. The van der Waals surface area contributed by atoms with E-state index in [1.807, 2.05) is 22.7 Å². The lowest BCUT2D eigenvalue weighted by Crippen LogP contribution is -2.09. The number of sulfonamides is 1. The molecule has 0 aliphatic rings. The van der Waals surface area contributed by atoms with E-state index in [1.54, 1.807) is 18.2 Å². The van der Waals surface area contributed by atoms with Crippen LogP contribution in [0.1, 0.15) is 5.56 Å². The van der Waals surface area contributed by atoms with Crippen LogP contribution in [0.3, 0.4) is 0 Å². The summed E-state index contributed by atoms with van der Waals surface area (Å²) >= 11 is 0. The zero-order valence-corrected chi connectivity index (χ0v) is 15.3. The number of anilines is 1. The van der Waals surface area contributed by atoms with Crippen LogP contribution in [0.15, 0.2) is 60.8 Å². The topological polar surface area (TPSA) is 63.5 Å². The molecule has 28 heavy (non-hydrogen) atoms. The molecule has 0 amide bonds. The Morgan fingerprint density at radius 3 is 2.36 bits per heavy atom. The number of nitrogens with one attached hydrogen (secondary N) is 1. The highest BCUT2D eigenvalue weighted by Crippen LogP contribution is 2.33. The van der Waals surface area contributed by atoms with Crippen molar-refractivity contribution < 1.29 is 21.6 Å². The number of alkyl halides is 3. The van der Waals surface area contributed by atoms with Crippen LogP contribution in [0.4, 0.5) is 18.9 Å². The fourth-order valence-corrected chi connectivity index (χ4v) is 3.64. The van der Waals surface area contributed by atoms with Crippen molar-refractivity contribution in [2.24, 2.45) is 0 Å². The van der Waals surface area contributed by atoms with Gasteiger partial charge in [-0.05, 0) is 42.5 Å². The zero-order chi connectivity index (χ0) is 20.1. The second-order valence-electron chi connectivity index (χ2n) is 6.38. The first-order valence-electron chi connectivity index (χ1n) is 8.18. The van der Waals surface area contributed by atoms with Crippen molar-refractivity contribution in [3.63, 3.8) is 0 Å². The Balaban J connectivity index is 1.90. The van der Waals surface area contributed by atoms with E-state index in [0.29, 0.717) is 22.5 Å². The Morgan fingerprint density at radius 2 is 1.71 bits per heavy atom. The van der Waals surface area contributed by atoms with Crippen LogP contribution in [-0.4, -0.2) is 24.1 Å². The molecule has 0 radical (unpaired) electrons. The summed E-state index contributed by atoms with van der Waals surface area (Å²) < 4.78 is 65.7. The minimum Gasteiger partial charge on any atom is -0.313 e. The van der Waals surface area contributed by atoms with Gasteiger partial charge in [-0.2, -0.15) is 13.2 Å². The predicted octanol–water partition coefficient (Wildman–Crippen LogP) is 4.54. The van der Waals surface area contributed by atoms with E-state index in [1.165, 1.54) is 12.1 Å². The lowest BCUT2D eigenvalue weighted by atomic mass is 10.1. The lowest BCUT2D eigenvalue weighted by Gasteiger charge is -2.12. The Hall–Kier alpha value is -3.07. The van der Waals surface area contributed by atoms with E-state index in [2.05, 4.69) is 9.71 Å². The van der Waals surface area contributed by atoms with E-state index in [0.717, 1.165) is 29.4 Å². The Kier molecular flexibility index (Phi) is 4.07. The number of nitrogens with zero attached hydrogens (tertiary/aromatic N) is 2. The van der Waals surface area contributed by atoms with Gasteiger partial charge in [-0.3, -0.25) is 4.72 Å². The van der Waals surface area contributed by atoms with Crippen LogP contribution in [0.5, 0.6) is 0 Å². The minimum atomic E-state index is -4.41. The number of halogens is 3. The normalized spacial score (nSPS) is 12.6. The zero-order valence-electron chi connectivity index (χ0n) is 14.5. The van der Waals surface area contributed by atoms with Gasteiger partial charge in [0.15, 0.2) is 0 Å². The van der Waals surface area contributed by atoms with Crippen molar-refractivity contribution in [1.82, 2.24) is 9.38 Å². The highest BCUT2D eigenvalue weighted by molar-refractivity contribution is 7.92. The van der Waals surface area contributed by atoms with E-state index in [4.69, 9.17) is 0 Å². The van der Waals surface area contributed by atoms with E-state index < -0.39 is 21.8 Å². The molecule has 144 valence electrons. The summed E-state index contributed by atoms with van der Waals surface area (Å²) in [6.45, 7) is 0. The van der Waals surface area contributed by atoms with Crippen LogP contribution in [-0.2, 0) is 16.2 Å². The van der Waals surface area contributed by atoms with Gasteiger partial charge in [-0.1, -0.05) is 12.1 Å². The Bertz CT molecular complexity index is 1290. The summed E-state index contributed by atoms with van der Waals surface area (Å²) in [6, 6.07) is 13.4. The monoisotopic (exact) mass is 405 g/mol. The molecule has 1 N–H and O–H groups in total. The quantitative estimate of drug-likeness (QED) is 0.544.